The van der Waals surface area contributed by atoms with Crippen LogP contribution in [0.25, 0.3) is 0 Å². The highest BCUT2D eigenvalue weighted by Gasteiger charge is 2.40. The van der Waals surface area contributed by atoms with Crippen LogP contribution in [0.1, 0.15) is 33.6 Å². The average Bonchev–Trinajstić information content (AvgIpc) is 2.57. The van der Waals surface area contributed by atoms with Gasteiger partial charge in [0.15, 0.2) is 0 Å². The van der Waals surface area contributed by atoms with Crippen molar-refractivity contribution in [3.8, 4) is 0 Å². The van der Waals surface area contributed by atoms with Crippen LogP contribution in [0.5, 0.6) is 0 Å². The van der Waals surface area contributed by atoms with Crippen molar-refractivity contribution >= 4 is 0 Å². The zero-order valence-electron chi connectivity index (χ0n) is 9.42. The van der Waals surface area contributed by atoms with Gasteiger partial charge in [0.2, 0.25) is 0 Å². The summed E-state index contributed by atoms with van der Waals surface area (Å²) in [4.78, 5) is 0. The van der Waals surface area contributed by atoms with E-state index in [0.717, 1.165) is 16.3 Å². The summed E-state index contributed by atoms with van der Waals surface area (Å²) in [6, 6.07) is 0. The van der Waals surface area contributed by atoms with Crippen molar-refractivity contribution in [2.45, 2.75) is 33.6 Å². The van der Waals surface area contributed by atoms with Crippen LogP contribution in [0.15, 0.2) is 12.8 Å². The van der Waals surface area contributed by atoms with Crippen LogP contribution < -0.4 is 0 Å². The molecule has 0 aromatic carbocycles. The molecule has 1 aliphatic rings. The van der Waals surface area contributed by atoms with Gasteiger partial charge in [-0.25, -0.2) is 0 Å². The highest BCUT2D eigenvalue weighted by atomic mass is 15.4. The molecule has 1 aliphatic heterocycles. The molecule has 1 heterocycles. The lowest BCUT2D eigenvalue weighted by Gasteiger charge is -2.28. The van der Waals surface area contributed by atoms with Gasteiger partial charge in [-0.1, -0.05) is 13.8 Å². The molecule has 1 fully saturated rings. The maximum Gasteiger partial charge on any atom is 0.0885 e. The first-order chi connectivity index (χ1) is 6.21. The number of rotatable bonds is 4. The second kappa shape index (κ2) is 4.28. The largest absolute Gasteiger partial charge is 0.298 e. The summed E-state index contributed by atoms with van der Waals surface area (Å²) in [5.74, 6) is 1.87. The highest BCUT2D eigenvalue weighted by molar-refractivity contribution is 4.77. The first kappa shape index (κ1) is 10.8. The summed E-state index contributed by atoms with van der Waals surface area (Å²) in [7, 11) is 0. The van der Waals surface area contributed by atoms with E-state index in [0.29, 0.717) is 0 Å². The smallest absolute Gasteiger partial charge is 0.0885 e. The van der Waals surface area contributed by atoms with Crippen LogP contribution in [0.4, 0.5) is 0 Å². The van der Waals surface area contributed by atoms with E-state index in [-0.39, 0.29) is 0 Å². The van der Waals surface area contributed by atoms with Gasteiger partial charge in [-0.15, -0.1) is 0 Å². The minimum atomic E-state index is 0.933. The Kier molecular flexibility index (Phi) is 3.55. The minimum absolute atomic E-state index is 0.933. The van der Waals surface area contributed by atoms with Crippen molar-refractivity contribution in [3.05, 3.63) is 12.8 Å². The van der Waals surface area contributed by atoms with E-state index in [9.17, 15) is 0 Å². The van der Waals surface area contributed by atoms with Gasteiger partial charge in [-0.2, -0.15) is 0 Å². The molecule has 0 aromatic rings. The van der Waals surface area contributed by atoms with Crippen LogP contribution >= 0.6 is 0 Å². The fourth-order valence-electron chi connectivity index (χ4n) is 2.77. The van der Waals surface area contributed by atoms with E-state index in [1.807, 2.05) is 0 Å². The average molecular weight is 182 g/mol. The Bertz CT molecular complexity index is 162. The number of hydrogen-bond acceptors (Lipinski definition) is 0. The van der Waals surface area contributed by atoms with Crippen molar-refractivity contribution in [2.24, 2.45) is 11.8 Å². The monoisotopic (exact) mass is 182 g/mol. The molecule has 0 spiro atoms. The molecule has 0 N–H and O–H groups in total. The Morgan fingerprint density at radius 2 is 1.62 bits per heavy atom. The van der Waals surface area contributed by atoms with Gasteiger partial charge in [0, 0.05) is 11.8 Å². The topological polar surface area (TPSA) is 0 Å². The van der Waals surface area contributed by atoms with E-state index in [4.69, 9.17) is 0 Å². The SMILES string of the molecule is C=C[N+]1(CC)CC(CC)C(CC)C1. The Morgan fingerprint density at radius 1 is 1.15 bits per heavy atom. The summed E-state index contributed by atoms with van der Waals surface area (Å²) < 4.78 is 1.15. The third kappa shape index (κ3) is 1.96. The molecule has 0 aromatic heterocycles. The standard InChI is InChI=1S/C12H24N/c1-5-11-9-13(7-3,8-4)10-12(11)6-2/h7,11-12H,3,5-6,8-10H2,1-2,4H3/q+1. The van der Waals surface area contributed by atoms with Gasteiger partial charge in [0.25, 0.3) is 0 Å². The van der Waals surface area contributed by atoms with Crippen molar-refractivity contribution in [1.29, 1.82) is 0 Å². The molecule has 1 nitrogen and oxygen atoms in total. The fraction of sp³-hybridized carbons (Fsp3) is 0.833. The van der Waals surface area contributed by atoms with Crippen LogP contribution in [0, 0.1) is 11.8 Å². The predicted molar refractivity (Wildman–Crippen MR) is 58.3 cm³/mol. The first-order valence-electron chi connectivity index (χ1n) is 5.70. The van der Waals surface area contributed by atoms with Crippen molar-refractivity contribution in [1.82, 2.24) is 0 Å². The van der Waals surface area contributed by atoms with Crippen molar-refractivity contribution in [3.63, 3.8) is 0 Å². The summed E-state index contributed by atoms with van der Waals surface area (Å²) >= 11 is 0. The predicted octanol–water partition coefficient (Wildman–Crippen LogP) is 3.03. The summed E-state index contributed by atoms with van der Waals surface area (Å²) in [6.45, 7) is 14.8. The number of nitrogens with zero attached hydrogens (tertiary/aromatic N) is 1. The maximum atomic E-state index is 4.00. The molecule has 0 aliphatic carbocycles. The number of hydrogen-bond donors (Lipinski definition) is 0. The zero-order valence-corrected chi connectivity index (χ0v) is 9.42. The molecule has 0 saturated carbocycles. The Labute approximate surface area is 83.0 Å². The zero-order chi connectivity index (χ0) is 9.90. The van der Waals surface area contributed by atoms with Gasteiger partial charge in [-0.05, 0) is 26.3 Å². The Hall–Kier alpha value is -0.300. The van der Waals surface area contributed by atoms with Crippen molar-refractivity contribution < 1.29 is 4.48 Å². The third-order valence-corrected chi connectivity index (χ3v) is 3.93. The van der Waals surface area contributed by atoms with Gasteiger partial charge in [-0.3, -0.25) is 4.48 Å². The lowest BCUT2D eigenvalue weighted by atomic mass is 9.92. The number of quaternary nitrogens is 1. The first-order valence-corrected chi connectivity index (χ1v) is 5.70. The molecule has 1 saturated heterocycles. The molecule has 2 atom stereocenters. The van der Waals surface area contributed by atoms with Crippen LogP contribution in [-0.4, -0.2) is 24.1 Å². The summed E-state index contributed by atoms with van der Waals surface area (Å²) in [5.41, 5.74) is 0. The quantitative estimate of drug-likeness (QED) is 0.586. The third-order valence-electron chi connectivity index (χ3n) is 3.93. The van der Waals surface area contributed by atoms with Gasteiger partial charge < -0.3 is 0 Å². The molecular weight excluding hydrogens is 158 g/mol. The summed E-state index contributed by atoms with van der Waals surface area (Å²) in [6.07, 6.45) is 4.84. The number of likely N-dealkylation sites (tertiary alicyclic amines) is 1. The van der Waals surface area contributed by atoms with E-state index in [2.05, 4.69) is 33.6 Å². The fourth-order valence-corrected chi connectivity index (χ4v) is 2.77. The lowest BCUT2D eigenvalue weighted by Crippen LogP contribution is -2.40. The molecule has 0 amide bonds. The molecule has 2 unspecified atom stereocenters. The Balaban J connectivity index is 2.70. The normalized spacial score (nSPS) is 39.3. The van der Waals surface area contributed by atoms with Gasteiger partial charge in [0.1, 0.15) is 0 Å². The molecule has 1 rings (SSSR count). The molecule has 0 radical (unpaired) electrons. The van der Waals surface area contributed by atoms with Crippen molar-refractivity contribution in [2.75, 3.05) is 19.6 Å². The van der Waals surface area contributed by atoms with Crippen LogP contribution in [0.2, 0.25) is 0 Å². The van der Waals surface area contributed by atoms with E-state index < -0.39 is 0 Å². The Morgan fingerprint density at radius 3 is 1.85 bits per heavy atom. The highest BCUT2D eigenvalue weighted by Crippen LogP contribution is 2.34. The van der Waals surface area contributed by atoms with Gasteiger partial charge in [0.05, 0.1) is 25.8 Å². The van der Waals surface area contributed by atoms with Crippen LogP contribution in [-0.2, 0) is 0 Å². The van der Waals surface area contributed by atoms with Gasteiger partial charge >= 0.3 is 0 Å². The van der Waals surface area contributed by atoms with E-state index >= 15 is 0 Å². The lowest BCUT2D eigenvalue weighted by molar-refractivity contribution is -0.867. The summed E-state index contributed by atoms with van der Waals surface area (Å²) in [5, 5.41) is 0. The molecule has 0 bridgehead atoms. The molecule has 13 heavy (non-hydrogen) atoms. The molecule has 1 heteroatoms. The molecule has 76 valence electrons. The second-order valence-corrected chi connectivity index (χ2v) is 4.42. The minimum Gasteiger partial charge on any atom is -0.298 e. The van der Waals surface area contributed by atoms with E-state index in [1.165, 1.54) is 32.5 Å². The van der Waals surface area contributed by atoms with Crippen LogP contribution in [0.3, 0.4) is 0 Å². The second-order valence-electron chi connectivity index (χ2n) is 4.42. The van der Waals surface area contributed by atoms with E-state index in [1.54, 1.807) is 0 Å². The molecular formula is C12H24N+. The maximum absolute atomic E-state index is 4.00.